The second-order valence-corrected chi connectivity index (χ2v) is 9.30. The Balaban J connectivity index is 1.32. The third kappa shape index (κ3) is 4.95. The van der Waals surface area contributed by atoms with Crippen LogP contribution in [-0.2, 0) is 30.3 Å². The van der Waals surface area contributed by atoms with E-state index in [2.05, 4.69) is 16.8 Å². The maximum atomic E-state index is 13.7. The molecule has 0 spiro atoms. The Kier molecular flexibility index (Phi) is 7.85. The lowest BCUT2D eigenvalue weighted by Gasteiger charge is -2.35. The molecule has 200 valence electrons. The number of carbonyl (C=O) groups excluding carboxylic acids is 3. The van der Waals surface area contributed by atoms with Crippen LogP contribution in [0.3, 0.4) is 0 Å². The van der Waals surface area contributed by atoms with Gasteiger partial charge in [0.1, 0.15) is 12.8 Å². The number of aliphatic hydroxyl groups is 1. The molecular weight excluding hydrogens is 490 g/mol. The number of nitrogens with zero attached hydrogens (tertiary/aromatic N) is 2. The summed E-state index contributed by atoms with van der Waals surface area (Å²) in [6.45, 7) is 6.95. The van der Waals surface area contributed by atoms with Gasteiger partial charge >= 0.3 is 0 Å². The van der Waals surface area contributed by atoms with Gasteiger partial charge < -0.3 is 29.1 Å². The predicted molar refractivity (Wildman–Crippen MR) is 139 cm³/mol. The van der Waals surface area contributed by atoms with E-state index in [0.717, 1.165) is 33.6 Å². The average Bonchev–Trinajstić information content (AvgIpc) is 3.25. The fraction of sp³-hybridized carbons (Fsp3) is 0.393. The zero-order valence-electron chi connectivity index (χ0n) is 21.1. The number of benzene rings is 2. The second kappa shape index (κ2) is 11.4. The van der Waals surface area contributed by atoms with Crippen LogP contribution in [0.4, 0.5) is 5.69 Å². The van der Waals surface area contributed by atoms with Crippen LogP contribution < -0.4 is 10.2 Å². The molecule has 1 atom stereocenters. The Bertz CT molecular complexity index is 1260. The minimum absolute atomic E-state index is 0.199. The van der Waals surface area contributed by atoms with Gasteiger partial charge in [0.15, 0.2) is 0 Å². The van der Waals surface area contributed by atoms with Crippen molar-refractivity contribution in [3.8, 4) is 11.1 Å². The molecule has 38 heavy (non-hydrogen) atoms. The number of hydrogen-bond donors (Lipinski definition) is 2. The number of para-hydroxylation sites is 1. The molecule has 3 aliphatic rings. The minimum Gasteiger partial charge on any atom is -0.377 e. The van der Waals surface area contributed by atoms with Crippen molar-refractivity contribution in [2.45, 2.75) is 25.4 Å². The lowest BCUT2D eigenvalue weighted by molar-refractivity contribution is -0.136. The Morgan fingerprint density at radius 1 is 0.921 bits per heavy atom. The second-order valence-electron chi connectivity index (χ2n) is 9.30. The lowest BCUT2D eigenvalue weighted by atomic mass is 9.86. The number of piperidine rings is 1. The summed E-state index contributed by atoms with van der Waals surface area (Å²) < 4.78 is 16.0. The normalized spacial score (nSPS) is 18.4. The highest BCUT2D eigenvalue weighted by Gasteiger charge is 2.42. The van der Waals surface area contributed by atoms with E-state index < -0.39 is 11.9 Å². The van der Waals surface area contributed by atoms with Gasteiger partial charge in [0.05, 0.1) is 38.6 Å². The zero-order valence-corrected chi connectivity index (χ0v) is 21.1. The molecule has 2 aromatic carbocycles. The molecule has 3 aliphatic heterocycles. The van der Waals surface area contributed by atoms with Gasteiger partial charge in [0, 0.05) is 47.6 Å². The standard InChI is InChI=1S/C28H31N3O7/c1-18-20-7-6-19-16-31(23-8-9-24(33)29-27(23)34)28(35)25(19)26(20)21-4-2-3-5-22(21)30(18)10-11-36-12-13-37-14-15-38-17-32/h2-7,23,32H,1,8-17H2,(H,29,33,34). The predicted octanol–water partition coefficient (Wildman–Crippen LogP) is 1.90. The van der Waals surface area contributed by atoms with Gasteiger partial charge in [-0.3, -0.25) is 19.7 Å². The van der Waals surface area contributed by atoms with Crippen LogP contribution >= 0.6 is 0 Å². The van der Waals surface area contributed by atoms with Gasteiger partial charge in [-0.25, -0.2) is 0 Å². The van der Waals surface area contributed by atoms with Crippen LogP contribution in [0.15, 0.2) is 43.0 Å². The largest absolute Gasteiger partial charge is 0.377 e. The monoisotopic (exact) mass is 521 g/mol. The van der Waals surface area contributed by atoms with Crippen molar-refractivity contribution < 1.29 is 33.7 Å². The molecule has 10 nitrogen and oxygen atoms in total. The molecule has 1 saturated heterocycles. The van der Waals surface area contributed by atoms with E-state index in [0.29, 0.717) is 58.1 Å². The number of amides is 3. The molecule has 10 heteroatoms. The summed E-state index contributed by atoms with van der Waals surface area (Å²) in [7, 11) is 0. The molecule has 0 radical (unpaired) electrons. The van der Waals surface area contributed by atoms with Crippen molar-refractivity contribution in [2.24, 2.45) is 0 Å². The van der Waals surface area contributed by atoms with E-state index in [4.69, 9.17) is 19.3 Å². The van der Waals surface area contributed by atoms with Crippen LogP contribution in [0.1, 0.15) is 34.3 Å². The van der Waals surface area contributed by atoms with Crippen molar-refractivity contribution in [1.82, 2.24) is 10.2 Å². The summed E-state index contributed by atoms with van der Waals surface area (Å²) >= 11 is 0. The molecule has 0 aromatic heterocycles. The molecule has 1 fully saturated rings. The molecule has 3 amide bonds. The molecule has 1 unspecified atom stereocenters. The van der Waals surface area contributed by atoms with Crippen LogP contribution in [0.2, 0.25) is 0 Å². The van der Waals surface area contributed by atoms with Crippen molar-refractivity contribution in [2.75, 3.05) is 51.3 Å². The van der Waals surface area contributed by atoms with Crippen LogP contribution in [0, 0.1) is 0 Å². The number of ether oxygens (including phenoxy) is 3. The maximum Gasteiger partial charge on any atom is 0.255 e. The van der Waals surface area contributed by atoms with E-state index in [1.165, 1.54) is 0 Å². The van der Waals surface area contributed by atoms with Gasteiger partial charge in [-0.05, 0) is 18.1 Å². The van der Waals surface area contributed by atoms with E-state index in [1.807, 2.05) is 36.4 Å². The third-order valence-corrected chi connectivity index (χ3v) is 7.09. The van der Waals surface area contributed by atoms with Crippen LogP contribution in [-0.4, -0.2) is 80.1 Å². The molecule has 3 heterocycles. The number of hydrogen-bond acceptors (Lipinski definition) is 8. The van der Waals surface area contributed by atoms with Gasteiger partial charge in [-0.1, -0.05) is 36.9 Å². The fourth-order valence-corrected chi connectivity index (χ4v) is 5.30. The molecule has 2 aromatic rings. The first-order valence-corrected chi connectivity index (χ1v) is 12.7. The quantitative estimate of drug-likeness (QED) is 0.262. The molecule has 0 saturated carbocycles. The summed E-state index contributed by atoms with van der Waals surface area (Å²) in [6.07, 6.45) is 0.542. The van der Waals surface area contributed by atoms with Crippen molar-refractivity contribution >= 4 is 29.1 Å². The Hall–Kier alpha value is -3.57. The zero-order chi connectivity index (χ0) is 26.6. The van der Waals surface area contributed by atoms with Gasteiger partial charge in [0.25, 0.3) is 5.91 Å². The number of nitrogens with one attached hydrogen (secondary N) is 1. The Labute approximate surface area is 220 Å². The van der Waals surface area contributed by atoms with E-state index in [-0.39, 0.29) is 25.0 Å². The van der Waals surface area contributed by atoms with E-state index in [1.54, 1.807) is 4.90 Å². The molecule has 5 rings (SSSR count). The summed E-state index contributed by atoms with van der Waals surface area (Å²) in [5.74, 6) is -0.923. The Morgan fingerprint density at radius 3 is 2.42 bits per heavy atom. The number of imide groups is 1. The first-order valence-electron chi connectivity index (χ1n) is 12.7. The summed E-state index contributed by atoms with van der Waals surface area (Å²) in [6, 6.07) is 11.2. The fourth-order valence-electron chi connectivity index (χ4n) is 5.30. The first kappa shape index (κ1) is 26.1. The summed E-state index contributed by atoms with van der Waals surface area (Å²) in [5.41, 5.74) is 5.80. The molecule has 0 bridgehead atoms. The van der Waals surface area contributed by atoms with Gasteiger partial charge in [0.2, 0.25) is 11.8 Å². The molecular formula is C28H31N3O7. The summed E-state index contributed by atoms with van der Waals surface area (Å²) in [5, 5.41) is 11.0. The highest BCUT2D eigenvalue weighted by Crippen LogP contribution is 2.47. The minimum atomic E-state index is -0.662. The highest BCUT2D eigenvalue weighted by atomic mass is 16.6. The lowest BCUT2D eigenvalue weighted by Crippen LogP contribution is -2.52. The first-order chi connectivity index (χ1) is 18.5. The number of fused-ring (bicyclic) bond motifs is 5. The molecule has 0 aliphatic carbocycles. The van der Waals surface area contributed by atoms with Gasteiger partial charge in [-0.15, -0.1) is 0 Å². The topological polar surface area (TPSA) is 118 Å². The van der Waals surface area contributed by atoms with E-state index in [9.17, 15) is 14.4 Å². The molecule has 2 N–H and O–H groups in total. The van der Waals surface area contributed by atoms with Crippen molar-refractivity contribution in [1.29, 1.82) is 0 Å². The number of anilines is 1. The van der Waals surface area contributed by atoms with E-state index >= 15 is 0 Å². The smallest absolute Gasteiger partial charge is 0.255 e. The number of carbonyl (C=O) groups is 3. The van der Waals surface area contributed by atoms with Crippen LogP contribution in [0.5, 0.6) is 0 Å². The summed E-state index contributed by atoms with van der Waals surface area (Å²) in [4.78, 5) is 41.5. The number of aliphatic hydroxyl groups excluding tert-OH is 1. The van der Waals surface area contributed by atoms with Crippen LogP contribution in [0.25, 0.3) is 16.8 Å². The van der Waals surface area contributed by atoms with Crippen molar-refractivity contribution in [3.63, 3.8) is 0 Å². The number of rotatable bonds is 11. The Morgan fingerprint density at radius 2 is 1.66 bits per heavy atom. The maximum absolute atomic E-state index is 13.7. The average molecular weight is 522 g/mol. The SMILES string of the molecule is C=C1c2ccc3c(c2-c2ccccc2N1CCOCCOCCOCO)C(=O)N(C1CCC(=O)NC1=O)C3. The van der Waals surface area contributed by atoms with Crippen molar-refractivity contribution in [3.05, 3.63) is 59.7 Å². The van der Waals surface area contributed by atoms with Gasteiger partial charge in [-0.2, -0.15) is 0 Å². The third-order valence-electron chi connectivity index (χ3n) is 7.09. The highest BCUT2D eigenvalue weighted by molar-refractivity contribution is 6.12.